The Morgan fingerprint density at radius 2 is 0.438 bits per heavy atom. The molecule has 16 heavy (non-hydrogen) atoms. The molecule has 0 bridgehead atoms. The van der Waals surface area contributed by atoms with Gasteiger partial charge in [-0.15, -0.1) is 0 Å². The smallest absolute Gasteiger partial charge is 0 e. The molecule has 10 nitrogen and oxygen atoms in total. The molecule has 1 radical (unpaired) electrons. The number of hydrogen-bond donors (Lipinski definition) is 0. The predicted molar refractivity (Wildman–Crippen MR) is 39.2 cm³/mol. The molecule has 0 fully saturated rings. The summed E-state index contributed by atoms with van der Waals surface area (Å²) in [5.41, 5.74) is 0. The molecule has 0 amide bonds. The van der Waals surface area contributed by atoms with E-state index in [-0.39, 0.29) is 18.6 Å². The van der Waals surface area contributed by atoms with E-state index in [1.165, 1.54) is 0 Å². The van der Waals surface area contributed by atoms with Crippen molar-refractivity contribution in [3.05, 3.63) is 0 Å². The van der Waals surface area contributed by atoms with E-state index in [2.05, 4.69) is 0 Å². The molecule has 0 aliphatic heterocycles. The first-order valence-electron chi connectivity index (χ1n) is 2.36. The van der Waals surface area contributed by atoms with Gasteiger partial charge in [-0.3, -0.25) is 0 Å². The van der Waals surface area contributed by atoms with Crippen LogP contribution in [0.5, 0.6) is 0 Å². The van der Waals surface area contributed by atoms with Crippen LogP contribution in [0.4, 0.5) is 0 Å². The van der Waals surface area contributed by atoms with Gasteiger partial charge in [0, 0.05) is 18.6 Å². The summed E-state index contributed by atoms with van der Waals surface area (Å²) in [6.07, 6.45) is 0. The summed E-state index contributed by atoms with van der Waals surface area (Å²) in [6, 6.07) is 0. The van der Waals surface area contributed by atoms with Crippen molar-refractivity contribution in [1.82, 2.24) is 0 Å². The Bertz CT molecular complexity index is 91.5. The average Bonchev–Trinajstić information content (AvgIpc) is 2.09. The SMILES string of the molecule is [O]=[GeH][O-].[O]=[GeH][O-].[O]=[GeH][O-].[O]=[GeH][O-].[O]=[GeH][O-].[V]. The molecular weight excluding hydrogens is 574 g/mol. The Morgan fingerprint density at radius 3 is 0.438 bits per heavy atom. The molecule has 0 saturated carbocycles. The molecule has 0 heterocycles. The Morgan fingerprint density at radius 1 is 0.438 bits per heavy atom. The molecule has 0 saturated heterocycles. The van der Waals surface area contributed by atoms with Gasteiger partial charge in [0.25, 0.3) is 0 Å². The van der Waals surface area contributed by atoms with Gasteiger partial charge in [-0.2, -0.15) is 0 Å². The predicted octanol–water partition coefficient (Wildman–Crippen LogP) is -9.78. The van der Waals surface area contributed by atoms with Crippen LogP contribution in [0, 0.1) is 0 Å². The van der Waals surface area contributed by atoms with Gasteiger partial charge in [-0.05, 0) is 0 Å². The maximum absolute atomic E-state index is 8.53. The molecule has 0 aliphatic rings. The maximum Gasteiger partial charge on any atom is 0 e. The van der Waals surface area contributed by atoms with Gasteiger partial charge in [0.05, 0.1) is 0 Å². The van der Waals surface area contributed by atoms with E-state index in [4.69, 9.17) is 39.6 Å². The van der Waals surface area contributed by atoms with Crippen LogP contribution in [0.15, 0.2) is 0 Å². The fourth-order valence-electron chi connectivity index (χ4n) is 0. The van der Waals surface area contributed by atoms with Crippen LogP contribution < -0.4 is 20.7 Å². The molecular formula is H5Ge5O10V-5. The molecule has 0 aromatic heterocycles. The zero-order chi connectivity index (χ0) is 13.5. The van der Waals surface area contributed by atoms with Crippen molar-refractivity contribution in [2.45, 2.75) is 0 Å². The topological polar surface area (TPSA) is 201 Å². The van der Waals surface area contributed by atoms with Gasteiger partial charge in [0.1, 0.15) is 0 Å². The van der Waals surface area contributed by atoms with Crippen LogP contribution in [0.25, 0.3) is 0 Å². The van der Waals surface area contributed by atoms with Crippen molar-refractivity contribution < 1.29 is 58.1 Å². The van der Waals surface area contributed by atoms with E-state index < -0.39 is 78.5 Å². The van der Waals surface area contributed by atoms with Crippen LogP contribution in [0.1, 0.15) is 0 Å². The Kier molecular flexibility index (Phi) is 216. The molecule has 16 heteroatoms. The summed E-state index contributed by atoms with van der Waals surface area (Å²) < 4.78 is 85.3. The fourth-order valence-corrected chi connectivity index (χ4v) is 0. The molecule has 0 unspecified atom stereocenters. The number of rotatable bonds is 0. The van der Waals surface area contributed by atoms with Crippen LogP contribution in [-0.2, 0) is 37.4 Å². The van der Waals surface area contributed by atoms with Crippen molar-refractivity contribution in [3.63, 3.8) is 0 Å². The Labute approximate surface area is 135 Å². The zero-order valence-electron chi connectivity index (χ0n) is 7.42. The second-order valence-electron chi connectivity index (χ2n) is 0.481. The van der Waals surface area contributed by atoms with E-state index in [1.807, 2.05) is 0 Å². The van der Waals surface area contributed by atoms with Crippen molar-refractivity contribution in [3.8, 4) is 0 Å². The molecule has 0 atom stereocenters. The maximum atomic E-state index is 8.53. The molecule has 95 valence electrons. The third-order valence-electron chi connectivity index (χ3n) is 0. The molecule has 0 aliphatic carbocycles. The van der Waals surface area contributed by atoms with Crippen molar-refractivity contribution in [2.75, 3.05) is 0 Å². The van der Waals surface area contributed by atoms with E-state index in [1.54, 1.807) is 0 Å². The minimum absolute atomic E-state index is 0. The van der Waals surface area contributed by atoms with Crippen molar-refractivity contribution in [2.24, 2.45) is 0 Å². The van der Waals surface area contributed by atoms with Gasteiger partial charge < -0.3 is 0 Å². The minimum atomic E-state index is -2.19. The Balaban J connectivity index is -0.0000000192. The van der Waals surface area contributed by atoms with Crippen LogP contribution in [-0.4, -0.2) is 78.5 Å². The Hall–Kier alpha value is 1.30. The van der Waals surface area contributed by atoms with Crippen LogP contribution in [0.2, 0.25) is 0 Å². The zero-order valence-corrected chi connectivity index (χ0v) is 20.9. The summed E-state index contributed by atoms with van der Waals surface area (Å²) in [5.74, 6) is 0. The van der Waals surface area contributed by atoms with E-state index in [0.717, 1.165) is 0 Å². The van der Waals surface area contributed by atoms with Gasteiger partial charge in [-0.25, -0.2) is 0 Å². The van der Waals surface area contributed by atoms with Crippen LogP contribution >= 0.6 is 0 Å². The molecule has 0 rings (SSSR count). The standard InChI is InChI=1S/5GeHO2.V/c5*2-1-3;/h5*1H;/q5*-1;. The normalized spacial score (nSPS) is 3.75. The van der Waals surface area contributed by atoms with Gasteiger partial charge in [0.15, 0.2) is 0 Å². The molecule has 0 spiro atoms. The van der Waals surface area contributed by atoms with E-state index in [9.17, 15) is 0 Å². The second kappa shape index (κ2) is 96.2. The third kappa shape index (κ3) is 1850. The first-order valence-corrected chi connectivity index (χ1v) is 12.2. The summed E-state index contributed by atoms with van der Waals surface area (Å²) in [4.78, 5) is 0. The van der Waals surface area contributed by atoms with Crippen molar-refractivity contribution >= 4 is 78.5 Å². The van der Waals surface area contributed by atoms with E-state index >= 15 is 0 Å². The monoisotopic (exact) mass is 586 g/mol. The van der Waals surface area contributed by atoms with Crippen LogP contribution in [0.3, 0.4) is 0 Å². The van der Waals surface area contributed by atoms with E-state index in [0.29, 0.717) is 0 Å². The fraction of sp³-hybridized carbons (Fsp3) is 0. The first-order chi connectivity index (χ1) is 7.07. The number of hydrogen-bond acceptors (Lipinski definition) is 10. The molecule has 0 aromatic rings. The summed E-state index contributed by atoms with van der Waals surface area (Å²) in [5, 5.41) is 0. The quantitative estimate of drug-likeness (QED) is 0.248. The average molecular weight is 579 g/mol. The minimum Gasteiger partial charge on any atom is 0 e. The summed E-state index contributed by atoms with van der Waals surface area (Å²) >= 11 is -10.9. The largest absolute Gasteiger partial charge is 0 e. The second-order valence-corrected chi connectivity index (χ2v) is 2.50. The summed E-state index contributed by atoms with van der Waals surface area (Å²) in [6.45, 7) is 0. The third-order valence-corrected chi connectivity index (χ3v) is 0. The van der Waals surface area contributed by atoms with Gasteiger partial charge >= 0.3 is 118 Å². The van der Waals surface area contributed by atoms with Gasteiger partial charge in [0.2, 0.25) is 0 Å². The first kappa shape index (κ1) is 36.0. The van der Waals surface area contributed by atoms with Crippen molar-refractivity contribution in [1.29, 1.82) is 0 Å². The van der Waals surface area contributed by atoms with Gasteiger partial charge in [-0.1, -0.05) is 0 Å². The molecule has 0 N–H and O–H groups in total. The summed E-state index contributed by atoms with van der Waals surface area (Å²) in [7, 11) is 0. The molecule has 0 aromatic carbocycles.